The number of aromatic nitrogens is 2. The van der Waals surface area contributed by atoms with Crippen LogP contribution in [-0.2, 0) is 6.54 Å². The van der Waals surface area contributed by atoms with E-state index < -0.39 is 0 Å². The number of hydrogen-bond donors (Lipinski definition) is 1. The molecule has 2 atom stereocenters. The fourth-order valence-electron chi connectivity index (χ4n) is 2.28. The molecule has 1 fully saturated rings. The van der Waals surface area contributed by atoms with Gasteiger partial charge in [-0.15, -0.1) is 10.2 Å². The van der Waals surface area contributed by atoms with Gasteiger partial charge < -0.3 is 14.6 Å². The smallest absolute Gasteiger partial charge is 0.230 e. The minimum Gasteiger partial charge on any atom is -0.424 e. The van der Waals surface area contributed by atoms with E-state index in [-0.39, 0.29) is 0 Å². The summed E-state index contributed by atoms with van der Waals surface area (Å²) in [7, 11) is 2.17. The standard InChI is InChI=1S/C11H20N4O/c1-8-7-15(3)5-4-10(8)12-6-11-14-13-9(2)16-11/h8,10,12H,4-7H2,1-3H3. The Morgan fingerprint density at radius 3 is 2.94 bits per heavy atom. The third kappa shape index (κ3) is 2.80. The summed E-state index contributed by atoms with van der Waals surface area (Å²) < 4.78 is 5.34. The summed E-state index contributed by atoms with van der Waals surface area (Å²) >= 11 is 0. The van der Waals surface area contributed by atoms with Gasteiger partial charge in [-0.2, -0.15) is 0 Å². The highest BCUT2D eigenvalue weighted by Crippen LogP contribution is 2.15. The highest BCUT2D eigenvalue weighted by molar-refractivity contribution is 4.84. The molecule has 0 radical (unpaired) electrons. The second-order valence-electron chi connectivity index (χ2n) is 4.73. The third-order valence-electron chi connectivity index (χ3n) is 3.19. The molecule has 1 aliphatic heterocycles. The zero-order valence-corrected chi connectivity index (χ0v) is 10.2. The van der Waals surface area contributed by atoms with Crippen molar-refractivity contribution in [2.45, 2.75) is 32.9 Å². The summed E-state index contributed by atoms with van der Waals surface area (Å²) in [6.45, 7) is 7.09. The highest BCUT2D eigenvalue weighted by Gasteiger charge is 2.23. The summed E-state index contributed by atoms with van der Waals surface area (Å²) in [6, 6.07) is 0.559. The van der Waals surface area contributed by atoms with Crippen molar-refractivity contribution in [1.82, 2.24) is 20.4 Å². The Morgan fingerprint density at radius 1 is 1.50 bits per heavy atom. The minimum atomic E-state index is 0.559. The summed E-state index contributed by atoms with van der Waals surface area (Å²) in [5, 5.41) is 11.3. The quantitative estimate of drug-likeness (QED) is 0.823. The molecule has 5 nitrogen and oxygen atoms in total. The van der Waals surface area contributed by atoms with Gasteiger partial charge in [0.1, 0.15) is 0 Å². The van der Waals surface area contributed by atoms with Gasteiger partial charge in [-0.25, -0.2) is 0 Å². The zero-order valence-electron chi connectivity index (χ0n) is 10.2. The SMILES string of the molecule is Cc1nnc(CNC2CCN(C)CC2C)o1. The lowest BCUT2D eigenvalue weighted by Crippen LogP contribution is -2.46. The molecule has 1 saturated heterocycles. The maximum Gasteiger partial charge on any atom is 0.230 e. The van der Waals surface area contributed by atoms with E-state index in [9.17, 15) is 0 Å². The molecule has 2 heterocycles. The lowest BCUT2D eigenvalue weighted by atomic mass is 9.94. The Hall–Kier alpha value is -0.940. The first-order valence-electron chi connectivity index (χ1n) is 5.86. The molecule has 0 bridgehead atoms. The van der Waals surface area contributed by atoms with Crippen molar-refractivity contribution in [1.29, 1.82) is 0 Å². The Balaban J connectivity index is 1.81. The van der Waals surface area contributed by atoms with Gasteiger partial charge in [0.05, 0.1) is 6.54 Å². The van der Waals surface area contributed by atoms with E-state index in [4.69, 9.17) is 4.42 Å². The molecule has 1 N–H and O–H groups in total. The second kappa shape index (κ2) is 4.93. The summed E-state index contributed by atoms with van der Waals surface area (Å²) in [4.78, 5) is 2.37. The van der Waals surface area contributed by atoms with Gasteiger partial charge in [0.2, 0.25) is 11.8 Å². The van der Waals surface area contributed by atoms with E-state index >= 15 is 0 Å². The van der Waals surface area contributed by atoms with Gasteiger partial charge in [-0.3, -0.25) is 0 Å². The molecule has 2 rings (SSSR count). The van der Waals surface area contributed by atoms with Crippen LogP contribution in [0.25, 0.3) is 0 Å². The third-order valence-corrected chi connectivity index (χ3v) is 3.19. The first kappa shape index (κ1) is 11.5. The number of piperidine rings is 1. The van der Waals surface area contributed by atoms with Crippen LogP contribution < -0.4 is 5.32 Å². The molecule has 90 valence electrons. The molecule has 0 spiro atoms. The number of rotatable bonds is 3. The van der Waals surface area contributed by atoms with Crippen molar-refractivity contribution >= 4 is 0 Å². The zero-order chi connectivity index (χ0) is 11.5. The molecular weight excluding hydrogens is 204 g/mol. The van der Waals surface area contributed by atoms with Gasteiger partial charge in [-0.1, -0.05) is 6.92 Å². The molecule has 0 aromatic carbocycles. The lowest BCUT2D eigenvalue weighted by Gasteiger charge is -2.35. The molecule has 0 aliphatic carbocycles. The van der Waals surface area contributed by atoms with Crippen LogP contribution in [0.1, 0.15) is 25.1 Å². The van der Waals surface area contributed by atoms with E-state index in [1.807, 2.05) is 6.92 Å². The van der Waals surface area contributed by atoms with Crippen LogP contribution in [0, 0.1) is 12.8 Å². The average molecular weight is 224 g/mol. The summed E-state index contributed by atoms with van der Waals surface area (Å²) in [5.41, 5.74) is 0. The van der Waals surface area contributed by atoms with Crippen molar-refractivity contribution in [3.63, 3.8) is 0 Å². The van der Waals surface area contributed by atoms with Crippen molar-refractivity contribution in [3.05, 3.63) is 11.8 Å². The summed E-state index contributed by atoms with van der Waals surface area (Å²) in [5.74, 6) is 1.99. The molecule has 1 aromatic rings. The van der Waals surface area contributed by atoms with Crippen LogP contribution >= 0.6 is 0 Å². The van der Waals surface area contributed by atoms with Crippen molar-refractivity contribution in [2.24, 2.45) is 5.92 Å². The molecule has 1 aliphatic rings. The van der Waals surface area contributed by atoms with E-state index in [0.717, 1.165) is 13.1 Å². The minimum absolute atomic E-state index is 0.559. The van der Waals surface area contributed by atoms with Crippen LogP contribution in [-0.4, -0.2) is 41.3 Å². The number of nitrogens with one attached hydrogen (secondary N) is 1. The van der Waals surface area contributed by atoms with Gasteiger partial charge >= 0.3 is 0 Å². The number of nitrogens with zero attached hydrogens (tertiary/aromatic N) is 3. The predicted octanol–water partition coefficient (Wildman–Crippen LogP) is 0.808. The van der Waals surface area contributed by atoms with Crippen LogP contribution in [0.2, 0.25) is 0 Å². The van der Waals surface area contributed by atoms with Gasteiger partial charge in [0, 0.05) is 19.5 Å². The van der Waals surface area contributed by atoms with Crippen molar-refractivity contribution in [2.75, 3.05) is 20.1 Å². The maximum atomic E-state index is 5.34. The Morgan fingerprint density at radius 2 is 2.31 bits per heavy atom. The van der Waals surface area contributed by atoms with E-state index in [2.05, 4.69) is 34.4 Å². The maximum absolute atomic E-state index is 5.34. The number of hydrogen-bond acceptors (Lipinski definition) is 5. The van der Waals surface area contributed by atoms with Crippen LogP contribution in [0.15, 0.2) is 4.42 Å². The van der Waals surface area contributed by atoms with E-state index in [1.54, 1.807) is 0 Å². The normalized spacial score (nSPS) is 27.2. The fraction of sp³-hybridized carbons (Fsp3) is 0.818. The molecule has 0 saturated carbocycles. The highest BCUT2D eigenvalue weighted by atomic mass is 16.4. The Bertz CT molecular complexity index is 338. The van der Waals surface area contributed by atoms with Crippen LogP contribution in [0.4, 0.5) is 0 Å². The molecule has 0 amide bonds. The van der Waals surface area contributed by atoms with E-state index in [1.165, 1.54) is 6.42 Å². The summed E-state index contributed by atoms with van der Waals surface area (Å²) in [6.07, 6.45) is 1.19. The Kier molecular flexibility index (Phi) is 3.56. The molecule has 16 heavy (non-hydrogen) atoms. The first-order chi connectivity index (χ1) is 7.65. The van der Waals surface area contributed by atoms with Gasteiger partial charge in [0.15, 0.2) is 0 Å². The fourth-order valence-corrected chi connectivity index (χ4v) is 2.28. The van der Waals surface area contributed by atoms with Crippen molar-refractivity contribution in [3.8, 4) is 0 Å². The van der Waals surface area contributed by atoms with Gasteiger partial charge in [-0.05, 0) is 25.9 Å². The first-order valence-corrected chi connectivity index (χ1v) is 5.86. The Labute approximate surface area is 96.2 Å². The molecular formula is C11H20N4O. The van der Waals surface area contributed by atoms with Crippen LogP contribution in [0.3, 0.4) is 0 Å². The number of likely N-dealkylation sites (tertiary alicyclic amines) is 1. The number of aryl methyl sites for hydroxylation is 1. The topological polar surface area (TPSA) is 54.2 Å². The van der Waals surface area contributed by atoms with Crippen molar-refractivity contribution < 1.29 is 4.42 Å². The predicted molar refractivity (Wildman–Crippen MR) is 60.9 cm³/mol. The molecule has 5 heteroatoms. The molecule has 1 aromatic heterocycles. The second-order valence-corrected chi connectivity index (χ2v) is 4.73. The molecule has 2 unspecified atom stereocenters. The average Bonchev–Trinajstić information content (AvgIpc) is 2.63. The monoisotopic (exact) mass is 224 g/mol. The lowest BCUT2D eigenvalue weighted by molar-refractivity contribution is 0.172. The van der Waals surface area contributed by atoms with Crippen LogP contribution in [0.5, 0.6) is 0 Å². The largest absolute Gasteiger partial charge is 0.424 e. The van der Waals surface area contributed by atoms with E-state index in [0.29, 0.717) is 30.3 Å². The van der Waals surface area contributed by atoms with Gasteiger partial charge in [0.25, 0.3) is 0 Å².